The molecule has 4 rings (SSSR count). The summed E-state index contributed by atoms with van der Waals surface area (Å²) in [5.41, 5.74) is 1.62. The number of carbonyl (C=O) groups excluding carboxylic acids is 1. The van der Waals surface area contributed by atoms with Crippen molar-refractivity contribution in [2.75, 3.05) is 6.61 Å². The Kier molecular flexibility index (Phi) is 6.23. The molecule has 6 nitrogen and oxygen atoms in total. The van der Waals surface area contributed by atoms with Crippen LogP contribution >= 0.6 is 0 Å². The monoisotopic (exact) mass is 405 g/mol. The van der Waals surface area contributed by atoms with Crippen molar-refractivity contribution >= 4 is 16.8 Å². The quantitative estimate of drug-likeness (QED) is 0.660. The van der Waals surface area contributed by atoms with E-state index in [4.69, 9.17) is 0 Å². The summed E-state index contributed by atoms with van der Waals surface area (Å²) >= 11 is 0. The van der Waals surface area contributed by atoms with Crippen molar-refractivity contribution < 1.29 is 9.90 Å². The molecule has 6 heteroatoms. The molecule has 0 radical (unpaired) electrons. The van der Waals surface area contributed by atoms with Gasteiger partial charge >= 0.3 is 0 Å². The number of hydrogen-bond acceptors (Lipinski definition) is 4. The standard InChI is InChI=1S/C24H27N3O3/c28-15-22(18-6-2-1-3-7-18)26-23(29)19-12-10-17(11-13-19)14-27-16-25-21-9-5-4-8-20(21)24(27)30/h1-9,16-17,19,22,28H,10-15H2,(H,26,29)/t17?,19?,22-/m0/s1. The van der Waals surface area contributed by atoms with Gasteiger partial charge in [-0.15, -0.1) is 0 Å². The van der Waals surface area contributed by atoms with Crippen LogP contribution in [0.15, 0.2) is 65.7 Å². The van der Waals surface area contributed by atoms with E-state index in [9.17, 15) is 14.7 Å². The lowest BCUT2D eigenvalue weighted by atomic mass is 9.81. The smallest absolute Gasteiger partial charge is 0.261 e. The third-order valence-corrected chi connectivity index (χ3v) is 6.10. The second-order valence-electron chi connectivity index (χ2n) is 8.09. The first kappa shape index (κ1) is 20.3. The zero-order valence-corrected chi connectivity index (χ0v) is 16.9. The molecular formula is C24H27N3O3. The van der Waals surface area contributed by atoms with Crippen LogP contribution in [-0.2, 0) is 11.3 Å². The highest BCUT2D eigenvalue weighted by Gasteiger charge is 2.28. The number of aromatic nitrogens is 2. The van der Waals surface area contributed by atoms with E-state index in [1.807, 2.05) is 54.6 Å². The van der Waals surface area contributed by atoms with Gasteiger partial charge in [0.1, 0.15) is 0 Å². The highest BCUT2D eigenvalue weighted by atomic mass is 16.3. The third kappa shape index (κ3) is 4.44. The second kappa shape index (κ2) is 9.22. The molecule has 1 amide bonds. The lowest BCUT2D eigenvalue weighted by Gasteiger charge is -2.29. The number of aliphatic hydroxyl groups excluding tert-OH is 1. The molecule has 2 N–H and O–H groups in total. The maximum atomic E-state index is 12.7. The van der Waals surface area contributed by atoms with Gasteiger partial charge in [-0.2, -0.15) is 0 Å². The van der Waals surface area contributed by atoms with Crippen LogP contribution in [0.3, 0.4) is 0 Å². The first-order chi connectivity index (χ1) is 14.7. The number of aliphatic hydroxyl groups is 1. The summed E-state index contributed by atoms with van der Waals surface area (Å²) in [7, 11) is 0. The van der Waals surface area contributed by atoms with Crippen molar-refractivity contribution in [1.29, 1.82) is 0 Å². The molecule has 1 aliphatic rings. The van der Waals surface area contributed by atoms with Gasteiger partial charge in [-0.3, -0.25) is 14.2 Å². The Morgan fingerprint density at radius 1 is 1.07 bits per heavy atom. The van der Waals surface area contributed by atoms with Crippen molar-refractivity contribution in [2.24, 2.45) is 11.8 Å². The normalized spacial score (nSPS) is 20.0. The van der Waals surface area contributed by atoms with Crippen LogP contribution in [0.4, 0.5) is 0 Å². The number of nitrogens with one attached hydrogen (secondary N) is 1. The highest BCUT2D eigenvalue weighted by Crippen LogP contribution is 2.30. The minimum Gasteiger partial charge on any atom is -0.394 e. The van der Waals surface area contributed by atoms with Gasteiger partial charge in [0, 0.05) is 12.5 Å². The topological polar surface area (TPSA) is 84.2 Å². The van der Waals surface area contributed by atoms with E-state index in [2.05, 4.69) is 10.3 Å². The van der Waals surface area contributed by atoms with Crippen LogP contribution < -0.4 is 10.9 Å². The Balaban J connectivity index is 1.34. The average Bonchev–Trinajstić information content (AvgIpc) is 2.80. The van der Waals surface area contributed by atoms with Crippen LogP contribution in [0.25, 0.3) is 10.9 Å². The molecule has 0 saturated heterocycles. The summed E-state index contributed by atoms with van der Waals surface area (Å²) in [6, 6.07) is 16.6. The Hall–Kier alpha value is -2.99. The average molecular weight is 405 g/mol. The fourth-order valence-electron chi connectivity index (χ4n) is 4.33. The molecule has 1 atom stereocenters. The maximum absolute atomic E-state index is 12.7. The molecular weight excluding hydrogens is 378 g/mol. The summed E-state index contributed by atoms with van der Waals surface area (Å²) in [5.74, 6) is 0.309. The highest BCUT2D eigenvalue weighted by molar-refractivity contribution is 5.79. The zero-order valence-electron chi connectivity index (χ0n) is 16.9. The van der Waals surface area contributed by atoms with Crippen LogP contribution in [0.1, 0.15) is 37.3 Å². The van der Waals surface area contributed by atoms with Crippen molar-refractivity contribution in [3.63, 3.8) is 0 Å². The fraction of sp³-hybridized carbons (Fsp3) is 0.375. The molecule has 2 aromatic carbocycles. The zero-order chi connectivity index (χ0) is 20.9. The maximum Gasteiger partial charge on any atom is 0.261 e. The van der Waals surface area contributed by atoms with Gasteiger partial charge < -0.3 is 10.4 Å². The largest absolute Gasteiger partial charge is 0.394 e. The lowest BCUT2D eigenvalue weighted by molar-refractivity contribution is -0.127. The van der Waals surface area contributed by atoms with Crippen molar-refractivity contribution in [1.82, 2.24) is 14.9 Å². The molecule has 0 bridgehead atoms. The van der Waals surface area contributed by atoms with Crippen LogP contribution in [0.2, 0.25) is 0 Å². The molecule has 0 unspecified atom stereocenters. The number of hydrogen-bond donors (Lipinski definition) is 2. The van der Waals surface area contributed by atoms with Crippen LogP contribution in [-0.4, -0.2) is 27.2 Å². The van der Waals surface area contributed by atoms with Crippen LogP contribution in [0.5, 0.6) is 0 Å². The molecule has 1 saturated carbocycles. The number of carbonyl (C=O) groups is 1. The number of amides is 1. The molecule has 1 aliphatic carbocycles. The van der Waals surface area contributed by atoms with Gasteiger partial charge in [0.05, 0.1) is 29.9 Å². The van der Waals surface area contributed by atoms with E-state index in [-0.39, 0.29) is 30.0 Å². The summed E-state index contributed by atoms with van der Waals surface area (Å²) in [4.78, 5) is 29.8. The molecule has 1 fully saturated rings. The molecule has 0 aliphatic heterocycles. The summed E-state index contributed by atoms with van der Waals surface area (Å²) in [6.07, 6.45) is 5.01. The molecule has 0 spiro atoms. The Bertz CT molecular complexity index is 1060. The van der Waals surface area contributed by atoms with Crippen molar-refractivity contribution in [3.8, 4) is 0 Å². The van der Waals surface area contributed by atoms with Gasteiger partial charge in [-0.05, 0) is 49.3 Å². The fourth-order valence-corrected chi connectivity index (χ4v) is 4.33. The summed E-state index contributed by atoms with van der Waals surface area (Å²) in [5, 5.41) is 13.3. The van der Waals surface area contributed by atoms with Gasteiger partial charge in [0.25, 0.3) is 5.56 Å². The molecule has 1 aromatic heterocycles. The lowest BCUT2D eigenvalue weighted by Crippen LogP contribution is -2.37. The third-order valence-electron chi connectivity index (χ3n) is 6.10. The molecule has 3 aromatic rings. The van der Waals surface area contributed by atoms with Crippen molar-refractivity contribution in [2.45, 2.75) is 38.3 Å². The summed E-state index contributed by atoms with van der Waals surface area (Å²) < 4.78 is 1.70. The number of fused-ring (bicyclic) bond motifs is 1. The second-order valence-corrected chi connectivity index (χ2v) is 8.09. The Morgan fingerprint density at radius 3 is 2.50 bits per heavy atom. The van der Waals surface area contributed by atoms with E-state index >= 15 is 0 Å². The van der Waals surface area contributed by atoms with E-state index in [0.29, 0.717) is 17.8 Å². The minimum absolute atomic E-state index is 0.000826. The first-order valence-electron chi connectivity index (χ1n) is 10.6. The van der Waals surface area contributed by atoms with E-state index in [1.165, 1.54) is 0 Å². The predicted molar refractivity (Wildman–Crippen MR) is 116 cm³/mol. The van der Waals surface area contributed by atoms with E-state index < -0.39 is 0 Å². The molecule has 156 valence electrons. The number of benzene rings is 2. The van der Waals surface area contributed by atoms with Gasteiger partial charge in [0.15, 0.2) is 0 Å². The SMILES string of the molecule is O=C(N[C@@H](CO)c1ccccc1)C1CCC(Cn2cnc3ccccc3c2=O)CC1. The van der Waals surface area contributed by atoms with Gasteiger partial charge in [-0.1, -0.05) is 42.5 Å². The van der Waals surface area contributed by atoms with Gasteiger partial charge in [-0.25, -0.2) is 4.98 Å². The molecule has 1 heterocycles. The summed E-state index contributed by atoms with van der Waals surface area (Å²) in [6.45, 7) is 0.511. The number of nitrogens with zero attached hydrogens (tertiary/aromatic N) is 2. The number of rotatable bonds is 6. The Morgan fingerprint density at radius 2 is 1.77 bits per heavy atom. The number of para-hydroxylation sites is 1. The Labute approximate surface area is 175 Å². The van der Waals surface area contributed by atoms with E-state index in [0.717, 1.165) is 36.8 Å². The van der Waals surface area contributed by atoms with E-state index in [1.54, 1.807) is 10.9 Å². The molecule has 30 heavy (non-hydrogen) atoms. The minimum atomic E-state index is -0.376. The van der Waals surface area contributed by atoms with Crippen molar-refractivity contribution in [3.05, 3.63) is 76.8 Å². The predicted octanol–water partition coefficient (Wildman–Crippen LogP) is 3.05. The first-order valence-corrected chi connectivity index (χ1v) is 10.6. The van der Waals surface area contributed by atoms with Gasteiger partial charge in [0.2, 0.25) is 5.91 Å². The van der Waals surface area contributed by atoms with Crippen LogP contribution in [0, 0.1) is 11.8 Å².